The zero-order chi connectivity index (χ0) is 20.2. The fourth-order valence-electron chi connectivity index (χ4n) is 3.06. The van der Waals surface area contributed by atoms with Crippen LogP contribution in [0.2, 0.25) is 0 Å². The average Bonchev–Trinajstić information content (AvgIpc) is 3.14. The second-order valence-corrected chi connectivity index (χ2v) is 6.51. The van der Waals surface area contributed by atoms with Crippen LogP contribution in [0.3, 0.4) is 0 Å². The van der Waals surface area contributed by atoms with E-state index in [0.717, 1.165) is 17.7 Å². The van der Waals surface area contributed by atoms with Crippen molar-refractivity contribution in [2.45, 2.75) is 12.8 Å². The molecule has 0 spiro atoms. The minimum atomic E-state index is -0.248. The van der Waals surface area contributed by atoms with E-state index in [1.807, 2.05) is 30.3 Å². The minimum absolute atomic E-state index is 0.248. The molecule has 0 saturated carbocycles. The highest BCUT2D eigenvalue weighted by molar-refractivity contribution is 6.44. The Morgan fingerprint density at radius 3 is 2.83 bits per heavy atom. The van der Waals surface area contributed by atoms with E-state index >= 15 is 0 Å². The Morgan fingerprint density at radius 1 is 1.21 bits per heavy atom. The molecular weight excluding hydrogens is 368 g/mol. The van der Waals surface area contributed by atoms with Gasteiger partial charge in [0.25, 0.3) is 5.91 Å². The number of amides is 1. The monoisotopic (exact) mass is 388 g/mol. The van der Waals surface area contributed by atoms with Gasteiger partial charge in [-0.1, -0.05) is 12.1 Å². The Bertz CT molecular complexity index is 1080. The number of ether oxygens (including phenoxy) is 1. The van der Waals surface area contributed by atoms with Crippen LogP contribution in [0.5, 0.6) is 5.88 Å². The van der Waals surface area contributed by atoms with Gasteiger partial charge in [0.15, 0.2) is 0 Å². The van der Waals surface area contributed by atoms with E-state index in [2.05, 4.69) is 25.4 Å². The van der Waals surface area contributed by atoms with Crippen LogP contribution in [0.4, 0.5) is 5.69 Å². The van der Waals surface area contributed by atoms with E-state index in [0.29, 0.717) is 35.1 Å². The number of methoxy groups -OCH3 is 1. The summed E-state index contributed by atoms with van der Waals surface area (Å²) in [6.07, 6.45) is 8.45. The Morgan fingerprint density at radius 2 is 2.10 bits per heavy atom. The maximum Gasteiger partial charge on any atom is 0.270 e. The number of anilines is 1. The van der Waals surface area contributed by atoms with Gasteiger partial charge in [-0.3, -0.25) is 14.5 Å². The Kier molecular flexibility index (Phi) is 5.15. The van der Waals surface area contributed by atoms with Crippen LogP contribution in [-0.2, 0) is 11.8 Å². The SMILES string of the molecule is COc1ccc(C2=CCCC(C(=O)Nc3cn(C)nc3-c3ccccn3)=N2)cn1. The van der Waals surface area contributed by atoms with Crippen molar-refractivity contribution in [2.24, 2.45) is 12.0 Å². The summed E-state index contributed by atoms with van der Waals surface area (Å²) in [4.78, 5) is 26.0. The van der Waals surface area contributed by atoms with Crippen LogP contribution < -0.4 is 10.1 Å². The normalized spacial score (nSPS) is 13.4. The van der Waals surface area contributed by atoms with Crippen molar-refractivity contribution in [3.63, 3.8) is 0 Å². The summed E-state index contributed by atoms with van der Waals surface area (Å²) in [5.74, 6) is 0.285. The van der Waals surface area contributed by atoms with E-state index in [1.165, 1.54) is 0 Å². The molecule has 1 aliphatic heterocycles. The van der Waals surface area contributed by atoms with Crippen LogP contribution in [0, 0.1) is 0 Å². The van der Waals surface area contributed by atoms with E-state index in [-0.39, 0.29) is 5.91 Å². The maximum atomic E-state index is 12.9. The molecule has 0 radical (unpaired) electrons. The first-order valence-corrected chi connectivity index (χ1v) is 9.18. The van der Waals surface area contributed by atoms with E-state index in [4.69, 9.17) is 4.74 Å². The molecule has 0 saturated heterocycles. The summed E-state index contributed by atoms with van der Waals surface area (Å²) in [6, 6.07) is 9.22. The van der Waals surface area contributed by atoms with E-state index in [1.54, 1.807) is 43.5 Å². The molecule has 4 heterocycles. The van der Waals surface area contributed by atoms with Gasteiger partial charge in [-0.2, -0.15) is 5.10 Å². The fourth-order valence-corrected chi connectivity index (χ4v) is 3.06. The summed E-state index contributed by atoms with van der Waals surface area (Å²) in [6.45, 7) is 0. The third-order valence-electron chi connectivity index (χ3n) is 4.46. The molecule has 1 amide bonds. The van der Waals surface area contributed by atoms with Crippen LogP contribution >= 0.6 is 0 Å². The lowest BCUT2D eigenvalue weighted by molar-refractivity contribution is -0.110. The predicted octanol–water partition coefficient (Wildman–Crippen LogP) is 3.10. The third kappa shape index (κ3) is 4.06. The number of hydrogen-bond donors (Lipinski definition) is 1. The highest BCUT2D eigenvalue weighted by Crippen LogP contribution is 2.26. The molecule has 3 aromatic rings. The van der Waals surface area contributed by atoms with Crippen molar-refractivity contribution >= 4 is 23.0 Å². The number of nitrogens with zero attached hydrogens (tertiary/aromatic N) is 5. The standard InChI is InChI=1S/C21H20N6O2/c1-27-13-18(20(26-27)16-6-3-4-11-22-16)25-21(28)17-8-5-7-15(24-17)14-9-10-19(29-2)23-12-14/h3-4,6-7,9-13H,5,8H2,1-2H3,(H,25,28). The summed E-state index contributed by atoms with van der Waals surface area (Å²) >= 11 is 0. The number of aliphatic imine (C=N–C) groups is 1. The van der Waals surface area contributed by atoms with Crippen molar-refractivity contribution in [1.82, 2.24) is 19.7 Å². The smallest absolute Gasteiger partial charge is 0.270 e. The molecule has 0 atom stereocenters. The van der Waals surface area contributed by atoms with Gasteiger partial charge in [0.2, 0.25) is 5.88 Å². The highest BCUT2D eigenvalue weighted by atomic mass is 16.5. The molecule has 0 unspecified atom stereocenters. The number of hydrogen-bond acceptors (Lipinski definition) is 6. The average molecular weight is 388 g/mol. The van der Waals surface area contributed by atoms with Crippen LogP contribution in [0.25, 0.3) is 17.1 Å². The number of carbonyl (C=O) groups is 1. The van der Waals surface area contributed by atoms with Gasteiger partial charge < -0.3 is 10.1 Å². The van der Waals surface area contributed by atoms with Gasteiger partial charge in [0, 0.05) is 37.3 Å². The zero-order valence-electron chi connectivity index (χ0n) is 16.2. The van der Waals surface area contributed by atoms with E-state index in [9.17, 15) is 4.79 Å². The lowest BCUT2D eigenvalue weighted by Gasteiger charge is -2.13. The van der Waals surface area contributed by atoms with Gasteiger partial charge in [-0.05, 0) is 31.0 Å². The number of aromatic nitrogens is 4. The molecule has 1 N–H and O–H groups in total. The molecule has 146 valence electrons. The molecule has 1 aliphatic rings. The number of aryl methyl sites for hydroxylation is 1. The van der Waals surface area contributed by atoms with Gasteiger partial charge in [-0.15, -0.1) is 0 Å². The number of pyridine rings is 2. The van der Waals surface area contributed by atoms with E-state index < -0.39 is 0 Å². The fraction of sp³-hybridized carbons (Fsp3) is 0.190. The summed E-state index contributed by atoms with van der Waals surface area (Å²) < 4.78 is 6.74. The van der Waals surface area contributed by atoms with Gasteiger partial charge >= 0.3 is 0 Å². The first-order chi connectivity index (χ1) is 14.1. The summed E-state index contributed by atoms with van der Waals surface area (Å²) in [5.41, 5.74) is 3.95. The van der Waals surface area contributed by atoms with Crippen LogP contribution in [0.1, 0.15) is 18.4 Å². The van der Waals surface area contributed by atoms with Crippen LogP contribution in [0.15, 0.2) is 60.0 Å². The Balaban J connectivity index is 1.56. The summed E-state index contributed by atoms with van der Waals surface area (Å²) in [5, 5.41) is 7.36. The summed E-state index contributed by atoms with van der Waals surface area (Å²) in [7, 11) is 3.37. The van der Waals surface area contributed by atoms with Crippen molar-refractivity contribution in [2.75, 3.05) is 12.4 Å². The Labute approximate surface area is 168 Å². The van der Waals surface area contributed by atoms with Crippen LogP contribution in [-0.4, -0.2) is 38.5 Å². The van der Waals surface area contributed by atoms with Crippen molar-refractivity contribution in [3.8, 4) is 17.3 Å². The molecule has 0 aliphatic carbocycles. The molecule has 0 bridgehead atoms. The maximum absolute atomic E-state index is 12.9. The lowest BCUT2D eigenvalue weighted by atomic mass is 10.1. The lowest BCUT2D eigenvalue weighted by Crippen LogP contribution is -2.24. The Hall–Kier alpha value is -3.81. The number of nitrogens with one attached hydrogen (secondary N) is 1. The molecule has 8 heteroatoms. The second kappa shape index (κ2) is 8.05. The quantitative estimate of drug-likeness (QED) is 0.725. The van der Waals surface area contributed by atoms with Crippen molar-refractivity contribution < 1.29 is 9.53 Å². The molecule has 29 heavy (non-hydrogen) atoms. The predicted molar refractivity (Wildman–Crippen MR) is 111 cm³/mol. The molecule has 8 nitrogen and oxygen atoms in total. The van der Waals surface area contributed by atoms with Crippen molar-refractivity contribution in [3.05, 3.63) is 60.6 Å². The first-order valence-electron chi connectivity index (χ1n) is 9.18. The largest absolute Gasteiger partial charge is 0.481 e. The van der Waals surface area contributed by atoms with Crippen molar-refractivity contribution in [1.29, 1.82) is 0 Å². The third-order valence-corrected chi connectivity index (χ3v) is 4.46. The topological polar surface area (TPSA) is 94.3 Å². The zero-order valence-corrected chi connectivity index (χ0v) is 16.2. The van der Waals surface area contributed by atoms with Gasteiger partial charge in [-0.25, -0.2) is 9.98 Å². The molecule has 3 aromatic heterocycles. The highest BCUT2D eigenvalue weighted by Gasteiger charge is 2.20. The number of rotatable bonds is 5. The van der Waals surface area contributed by atoms with Gasteiger partial charge in [0.1, 0.15) is 11.4 Å². The second-order valence-electron chi connectivity index (χ2n) is 6.51. The number of carbonyl (C=O) groups excluding carboxylic acids is 1. The first kappa shape index (κ1) is 18.5. The molecule has 0 aromatic carbocycles. The van der Waals surface area contributed by atoms with Gasteiger partial charge in [0.05, 0.1) is 24.2 Å². The number of allylic oxidation sites excluding steroid dienone is 1. The minimum Gasteiger partial charge on any atom is -0.481 e. The molecule has 0 fully saturated rings. The molecule has 4 rings (SSSR count). The molecular formula is C21H20N6O2.